The molecule has 3 aliphatic rings. The van der Waals surface area contributed by atoms with Crippen molar-refractivity contribution >= 4 is 12.0 Å². The summed E-state index contributed by atoms with van der Waals surface area (Å²) in [6.45, 7) is 5.15. The molecule has 3 nitrogen and oxygen atoms in total. The van der Waals surface area contributed by atoms with Crippen molar-refractivity contribution in [3.8, 4) is 0 Å². The average Bonchev–Trinajstić information content (AvgIpc) is 3.04. The first-order valence-corrected chi connectivity index (χ1v) is 8.55. The molecule has 0 aromatic heterocycles. The molecule has 2 fully saturated rings. The van der Waals surface area contributed by atoms with Crippen molar-refractivity contribution < 1.29 is 4.79 Å². The van der Waals surface area contributed by atoms with E-state index in [1.165, 1.54) is 29.5 Å². The molecule has 1 aromatic carbocycles. The zero-order valence-corrected chi connectivity index (χ0v) is 13.3. The molecule has 2 heterocycles. The van der Waals surface area contributed by atoms with Gasteiger partial charge in [-0.25, -0.2) is 0 Å². The van der Waals surface area contributed by atoms with Gasteiger partial charge in [-0.2, -0.15) is 0 Å². The van der Waals surface area contributed by atoms with Crippen LogP contribution in [0.1, 0.15) is 37.3 Å². The standard InChI is InChI=1S/C19H24N2O/c1-2-19(22)21-17-7-8-18(21)13-20(12-17)11-14-9-15-5-3-4-6-16(15)10-14/h3-6,9,17-18H,2,7-8,10-13H2,1H3. The maximum Gasteiger partial charge on any atom is 0.222 e. The Kier molecular flexibility index (Phi) is 3.53. The molecule has 0 spiro atoms. The fourth-order valence-corrected chi connectivity index (χ4v) is 4.45. The Hall–Kier alpha value is -1.61. The van der Waals surface area contributed by atoms with Crippen molar-refractivity contribution in [3.05, 3.63) is 41.0 Å². The van der Waals surface area contributed by atoms with Crippen molar-refractivity contribution in [2.24, 2.45) is 0 Å². The lowest BCUT2D eigenvalue weighted by molar-refractivity contribution is -0.136. The molecule has 1 aliphatic carbocycles. The van der Waals surface area contributed by atoms with Crippen LogP contribution in [0.25, 0.3) is 6.08 Å². The van der Waals surface area contributed by atoms with Crippen LogP contribution >= 0.6 is 0 Å². The number of hydrogen-bond donors (Lipinski definition) is 0. The highest BCUT2D eigenvalue weighted by molar-refractivity contribution is 5.77. The minimum absolute atomic E-state index is 0.347. The molecular formula is C19H24N2O. The SMILES string of the molecule is CCC(=O)N1C2CCC1CN(CC1=Cc3ccccc3C1)C2. The van der Waals surface area contributed by atoms with E-state index in [1.807, 2.05) is 6.92 Å². The third-order valence-electron chi connectivity index (χ3n) is 5.41. The largest absolute Gasteiger partial charge is 0.334 e. The van der Waals surface area contributed by atoms with Gasteiger partial charge in [-0.1, -0.05) is 42.8 Å². The summed E-state index contributed by atoms with van der Waals surface area (Å²) < 4.78 is 0. The van der Waals surface area contributed by atoms with Gasteiger partial charge in [0.05, 0.1) is 0 Å². The summed E-state index contributed by atoms with van der Waals surface area (Å²) in [5, 5.41) is 0. The highest BCUT2D eigenvalue weighted by atomic mass is 16.2. The maximum absolute atomic E-state index is 12.1. The molecule has 2 saturated heterocycles. The lowest BCUT2D eigenvalue weighted by Gasteiger charge is -2.41. The summed E-state index contributed by atoms with van der Waals surface area (Å²) in [5.74, 6) is 0.347. The van der Waals surface area contributed by atoms with Gasteiger partial charge in [0, 0.05) is 38.1 Å². The molecule has 0 saturated carbocycles. The minimum atomic E-state index is 0.347. The van der Waals surface area contributed by atoms with Gasteiger partial charge in [0.25, 0.3) is 0 Å². The van der Waals surface area contributed by atoms with Crippen LogP contribution in [-0.2, 0) is 11.2 Å². The molecule has 3 heteroatoms. The van der Waals surface area contributed by atoms with Gasteiger partial charge in [0.1, 0.15) is 0 Å². The number of carbonyl (C=O) groups excluding carboxylic acids is 1. The number of nitrogens with zero attached hydrogens (tertiary/aromatic N) is 2. The zero-order chi connectivity index (χ0) is 15.1. The molecule has 0 radical (unpaired) electrons. The summed E-state index contributed by atoms with van der Waals surface area (Å²) in [6.07, 6.45) is 6.48. The maximum atomic E-state index is 12.1. The number of piperazine rings is 1. The van der Waals surface area contributed by atoms with Gasteiger partial charge in [-0.15, -0.1) is 0 Å². The van der Waals surface area contributed by atoms with Gasteiger partial charge in [0.15, 0.2) is 0 Å². The fourth-order valence-electron chi connectivity index (χ4n) is 4.45. The van der Waals surface area contributed by atoms with E-state index in [9.17, 15) is 4.79 Å². The van der Waals surface area contributed by atoms with E-state index in [4.69, 9.17) is 0 Å². The molecular weight excluding hydrogens is 272 g/mol. The number of carbonyl (C=O) groups is 1. The second kappa shape index (κ2) is 5.54. The van der Waals surface area contributed by atoms with Crippen LogP contribution in [0.15, 0.2) is 29.8 Å². The van der Waals surface area contributed by atoms with Gasteiger partial charge in [0.2, 0.25) is 5.91 Å². The van der Waals surface area contributed by atoms with Crippen LogP contribution in [0, 0.1) is 0 Å². The summed E-state index contributed by atoms with van der Waals surface area (Å²) in [6, 6.07) is 9.61. The number of benzene rings is 1. The Morgan fingerprint density at radius 3 is 2.59 bits per heavy atom. The monoisotopic (exact) mass is 296 g/mol. The van der Waals surface area contributed by atoms with Gasteiger partial charge in [-0.05, 0) is 30.4 Å². The molecule has 2 aliphatic heterocycles. The third-order valence-corrected chi connectivity index (χ3v) is 5.41. The molecule has 1 amide bonds. The van der Waals surface area contributed by atoms with E-state index in [1.54, 1.807) is 0 Å². The lowest BCUT2D eigenvalue weighted by atomic mass is 10.1. The zero-order valence-electron chi connectivity index (χ0n) is 13.3. The van der Waals surface area contributed by atoms with E-state index < -0.39 is 0 Å². The second-order valence-corrected chi connectivity index (χ2v) is 6.91. The van der Waals surface area contributed by atoms with Crippen molar-refractivity contribution in [2.45, 2.75) is 44.7 Å². The van der Waals surface area contributed by atoms with E-state index in [-0.39, 0.29) is 0 Å². The number of fused-ring (bicyclic) bond motifs is 3. The normalized spacial score (nSPS) is 27.0. The summed E-state index contributed by atoms with van der Waals surface area (Å²) in [7, 11) is 0. The van der Waals surface area contributed by atoms with Gasteiger partial charge >= 0.3 is 0 Å². The van der Waals surface area contributed by atoms with E-state index in [0.29, 0.717) is 24.4 Å². The first-order valence-electron chi connectivity index (χ1n) is 8.55. The predicted molar refractivity (Wildman–Crippen MR) is 88.5 cm³/mol. The van der Waals surface area contributed by atoms with Gasteiger partial charge in [-0.3, -0.25) is 9.69 Å². The molecule has 22 heavy (non-hydrogen) atoms. The van der Waals surface area contributed by atoms with Crippen LogP contribution in [0.2, 0.25) is 0 Å². The number of amides is 1. The summed E-state index contributed by atoms with van der Waals surface area (Å²) in [5.41, 5.74) is 4.37. The molecule has 2 atom stereocenters. The Morgan fingerprint density at radius 2 is 1.91 bits per heavy atom. The first-order chi connectivity index (χ1) is 10.7. The topological polar surface area (TPSA) is 23.6 Å². The van der Waals surface area contributed by atoms with Crippen LogP contribution < -0.4 is 0 Å². The highest BCUT2D eigenvalue weighted by Gasteiger charge is 2.41. The predicted octanol–water partition coefficient (Wildman–Crippen LogP) is 2.71. The summed E-state index contributed by atoms with van der Waals surface area (Å²) in [4.78, 5) is 16.9. The van der Waals surface area contributed by atoms with E-state index in [2.05, 4.69) is 40.1 Å². The van der Waals surface area contributed by atoms with Crippen LogP contribution in [0.4, 0.5) is 0 Å². The Balaban J connectivity index is 1.42. The molecule has 116 valence electrons. The lowest BCUT2D eigenvalue weighted by Crippen LogP contribution is -2.55. The molecule has 0 N–H and O–H groups in total. The number of rotatable bonds is 3. The average molecular weight is 296 g/mol. The number of likely N-dealkylation sites (tertiary alicyclic amines) is 1. The highest BCUT2D eigenvalue weighted by Crippen LogP contribution is 2.32. The first kappa shape index (κ1) is 14.0. The molecule has 1 aromatic rings. The summed E-state index contributed by atoms with van der Waals surface area (Å²) >= 11 is 0. The second-order valence-electron chi connectivity index (χ2n) is 6.91. The van der Waals surface area contributed by atoms with Crippen molar-refractivity contribution in [2.75, 3.05) is 19.6 Å². The Bertz CT molecular complexity index is 608. The van der Waals surface area contributed by atoms with Crippen LogP contribution in [0.3, 0.4) is 0 Å². The van der Waals surface area contributed by atoms with Gasteiger partial charge < -0.3 is 4.90 Å². The number of hydrogen-bond acceptors (Lipinski definition) is 2. The van der Waals surface area contributed by atoms with Crippen LogP contribution in [-0.4, -0.2) is 47.4 Å². The fraction of sp³-hybridized carbons (Fsp3) is 0.526. The smallest absolute Gasteiger partial charge is 0.222 e. The van der Waals surface area contributed by atoms with Crippen LogP contribution in [0.5, 0.6) is 0 Å². The van der Waals surface area contributed by atoms with E-state index >= 15 is 0 Å². The van der Waals surface area contributed by atoms with E-state index in [0.717, 1.165) is 26.1 Å². The van der Waals surface area contributed by atoms with Crippen molar-refractivity contribution in [3.63, 3.8) is 0 Å². The third kappa shape index (κ3) is 2.38. The Morgan fingerprint density at radius 1 is 1.18 bits per heavy atom. The molecule has 4 rings (SSSR count). The quantitative estimate of drug-likeness (QED) is 0.856. The minimum Gasteiger partial charge on any atom is -0.334 e. The van der Waals surface area contributed by atoms with Crippen molar-refractivity contribution in [1.29, 1.82) is 0 Å². The Labute approximate surface area is 132 Å². The molecule has 2 bridgehead atoms. The van der Waals surface area contributed by atoms with Crippen molar-refractivity contribution in [1.82, 2.24) is 9.80 Å². The molecule has 2 unspecified atom stereocenters.